The van der Waals surface area contributed by atoms with Crippen LogP contribution >= 0.6 is 0 Å². The van der Waals surface area contributed by atoms with Gasteiger partial charge in [0.15, 0.2) is 0 Å². The molecule has 1 heterocycles. The first kappa shape index (κ1) is 15.0. The summed E-state index contributed by atoms with van der Waals surface area (Å²) in [6.45, 7) is 2.95. The number of carbonyl (C=O) groups is 1. The molecule has 1 aromatic rings. The van der Waals surface area contributed by atoms with E-state index in [-0.39, 0.29) is 12.5 Å². The van der Waals surface area contributed by atoms with Crippen molar-refractivity contribution in [2.75, 3.05) is 31.6 Å². The van der Waals surface area contributed by atoms with E-state index in [4.69, 9.17) is 10.8 Å². The average Bonchev–Trinajstić information content (AvgIpc) is 2.86. The van der Waals surface area contributed by atoms with Crippen molar-refractivity contribution >= 4 is 11.6 Å². The first-order valence-corrected chi connectivity index (χ1v) is 7.13. The third-order valence-corrected chi connectivity index (χ3v) is 3.72. The molecule has 1 fully saturated rings. The van der Waals surface area contributed by atoms with E-state index in [1.165, 1.54) is 0 Å². The van der Waals surface area contributed by atoms with Gasteiger partial charge in [-0.3, -0.25) is 9.69 Å². The van der Waals surface area contributed by atoms with Crippen LogP contribution in [0.2, 0.25) is 0 Å². The number of hydrogen-bond acceptors (Lipinski definition) is 4. The summed E-state index contributed by atoms with van der Waals surface area (Å²) in [5.41, 5.74) is 7.39. The standard InChI is InChI=1S/C15H23N3O2/c16-9-13-2-1-3-14(8-13)17-15(20)11-18-6-4-12(10-18)5-7-19/h1-3,8,12,19H,4-7,9-11,16H2,(H,17,20). The number of likely N-dealkylation sites (tertiary alicyclic amines) is 1. The van der Waals surface area contributed by atoms with Crippen molar-refractivity contribution in [1.82, 2.24) is 4.90 Å². The summed E-state index contributed by atoms with van der Waals surface area (Å²) < 4.78 is 0. The Morgan fingerprint density at radius 2 is 2.35 bits per heavy atom. The van der Waals surface area contributed by atoms with Crippen molar-refractivity contribution in [2.45, 2.75) is 19.4 Å². The van der Waals surface area contributed by atoms with Crippen LogP contribution in [-0.4, -0.2) is 42.2 Å². The van der Waals surface area contributed by atoms with Crippen LogP contribution in [0.15, 0.2) is 24.3 Å². The maximum absolute atomic E-state index is 12.0. The fourth-order valence-electron chi connectivity index (χ4n) is 2.65. The van der Waals surface area contributed by atoms with Crippen LogP contribution in [0.1, 0.15) is 18.4 Å². The second kappa shape index (κ2) is 7.38. The summed E-state index contributed by atoms with van der Waals surface area (Å²) in [6.07, 6.45) is 1.90. The number of hydrogen-bond donors (Lipinski definition) is 3. The average molecular weight is 277 g/mol. The fourth-order valence-corrected chi connectivity index (χ4v) is 2.65. The fraction of sp³-hybridized carbons (Fsp3) is 0.533. The summed E-state index contributed by atoms with van der Waals surface area (Å²) in [4.78, 5) is 14.1. The highest BCUT2D eigenvalue weighted by atomic mass is 16.3. The highest BCUT2D eigenvalue weighted by Gasteiger charge is 2.23. The Morgan fingerprint density at radius 3 is 3.10 bits per heavy atom. The van der Waals surface area contributed by atoms with Crippen LogP contribution in [0.3, 0.4) is 0 Å². The minimum absolute atomic E-state index is 0.00354. The quantitative estimate of drug-likeness (QED) is 0.718. The molecule has 2 rings (SSSR count). The zero-order chi connectivity index (χ0) is 14.4. The molecule has 4 N–H and O–H groups in total. The van der Waals surface area contributed by atoms with Gasteiger partial charge in [0.25, 0.3) is 0 Å². The zero-order valence-corrected chi connectivity index (χ0v) is 11.7. The molecule has 0 saturated carbocycles. The van der Waals surface area contributed by atoms with Crippen LogP contribution < -0.4 is 11.1 Å². The number of carbonyl (C=O) groups excluding carboxylic acids is 1. The predicted octanol–water partition coefficient (Wildman–Crippen LogP) is 0.788. The van der Waals surface area contributed by atoms with Gasteiger partial charge in [-0.05, 0) is 43.0 Å². The largest absolute Gasteiger partial charge is 0.396 e. The van der Waals surface area contributed by atoms with E-state index < -0.39 is 0 Å². The molecule has 1 aliphatic heterocycles. The predicted molar refractivity (Wildman–Crippen MR) is 79.2 cm³/mol. The highest BCUT2D eigenvalue weighted by Crippen LogP contribution is 2.19. The Kier molecular flexibility index (Phi) is 5.52. The molecule has 1 unspecified atom stereocenters. The molecule has 0 aromatic heterocycles. The summed E-state index contributed by atoms with van der Waals surface area (Å²) in [5, 5.41) is 11.8. The normalized spacial score (nSPS) is 19.2. The lowest BCUT2D eigenvalue weighted by Crippen LogP contribution is -2.31. The Bertz CT molecular complexity index is 450. The van der Waals surface area contributed by atoms with Gasteiger partial charge in [0.05, 0.1) is 6.54 Å². The Morgan fingerprint density at radius 1 is 1.50 bits per heavy atom. The minimum atomic E-state index is 0.00354. The third-order valence-electron chi connectivity index (χ3n) is 3.72. The molecule has 1 aliphatic rings. The van der Waals surface area contributed by atoms with Gasteiger partial charge in [0.2, 0.25) is 5.91 Å². The molecular formula is C15H23N3O2. The van der Waals surface area contributed by atoms with Crippen LogP contribution in [0.4, 0.5) is 5.69 Å². The zero-order valence-electron chi connectivity index (χ0n) is 11.7. The highest BCUT2D eigenvalue weighted by molar-refractivity contribution is 5.92. The van der Waals surface area contributed by atoms with Crippen LogP contribution in [0.5, 0.6) is 0 Å². The van der Waals surface area contributed by atoms with E-state index in [1.54, 1.807) is 0 Å². The van der Waals surface area contributed by atoms with Crippen LogP contribution in [-0.2, 0) is 11.3 Å². The van der Waals surface area contributed by atoms with Crippen molar-refractivity contribution < 1.29 is 9.90 Å². The molecule has 110 valence electrons. The topological polar surface area (TPSA) is 78.6 Å². The number of aliphatic hydroxyl groups is 1. The Balaban J connectivity index is 1.80. The first-order valence-electron chi connectivity index (χ1n) is 7.13. The summed E-state index contributed by atoms with van der Waals surface area (Å²) >= 11 is 0. The van der Waals surface area contributed by atoms with Gasteiger partial charge in [-0.2, -0.15) is 0 Å². The third kappa shape index (κ3) is 4.30. The Hall–Kier alpha value is -1.43. The lowest BCUT2D eigenvalue weighted by molar-refractivity contribution is -0.117. The van der Waals surface area contributed by atoms with Gasteiger partial charge >= 0.3 is 0 Å². The second-order valence-electron chi connectivity index (χ2n) is 5.35. The monoisotopic (exact) mass is 277 g/mol. The minimum Gasteiger partial charge on any atom is -0.396 e. The molecule has 0 bridgehead atoms. The molecule has 0 radical (unpaired) electrons. The number of benzene rings is 1. The second-order valence-corrected chi connectivity index (χ2v) is 5.35. The number of nitrogens with two attached hydrogens (primary N) is 1. The number of anilines is 1. The van der Waals surface area contributed by atoms with E-state index in [9.17, 15) is 4.79 Å². The maximum atomic E-state index is 12.0. The van der Waals surface area contributed by atoms with Crippen molar-refractivity contribution in [1.29, 1.82) is 0 Å². The molecule has 0 aliphatic carbocycles. The van der Waals surface area contributed by atoms with Gasteiger partial charge in [0.1, 0.15) is 0 Å². The summed E-state index contributed by atoms with van der Waals surface area (Å²) in [5.74, 6) is 0.525. The molecular weight excluding hydrogens is 254 g/mol. The van der Waals surface area contributed by atoms with Crippen molar-refractivity contribution in [3.63, 3.8) is 0 Å². The molecule has 1 amide bonds. The number of nitrogens with zero attached hydrogens (tertiary/aromatic N) is 1. The van der Waals surface area contributed by atoms with Gasteiger partial charge in [-0.15, -0.1) is 0 Å². The van der Waals surface area contributed by atoms with Crippen molar-refractivity contribution in [3.05, 3.63) is 29.8 Å². The summed E-state index contributed by atoms with van der Waals surface area (Å²) in [6, 6.07) is 7.60. The molecule has 1 atom stereocenters. The molecule has 5 nitrogen and oxygen atoms in total. The van der Waals surface area contributed by atoms with Crippen molar-refractivity contribution in [2.24, 2.45) is 11.7 Å². The van der Waals surface area contributed by atoms with Gasteiger partial charge in [0, 0.05) is 25.4 Å². The first-order chi connectivity index (χ1) is 9.71. The molecule has 1 saturated heterocycles. The van der Waals surface area contributed by atoms with E-state index in [2.05, 4.69) is 10.2 Å². The molecule has 0 spiro atoms. The number of amides is 1. The summed E-state index contributed by atoms with van der Waals surface area (Å²) in [7, 11) is 0. The van der Waals surface area contributed by atoms with Crippen LogP contribution in [0, 0.1) is 5.92 Å². The smallest absolute Gasteiger partial charge is 0.238 e. The lowest BCUT2D eigenvalue weighted by atomic mass is 10.1. The van der Waals surface area contributed by atoms with Crippen molar-refractivity contribution in [3.8, 4) is 0 Å². The SMILES string of the molecule is NCc1cccc(NC(=O)CN2CCC(CCO)C2)c1. The Labute approximate surface area is 119 Å². The van der Waals surface area contributed by atoms with Gasteiger partial charge < -0.3 is 16.2 Å². The molecule has 1 aromatic carbocycles. The van der Waals surface area contributed by atoms with E-state index in [0.29, 0.717) is 19.0 Å². The molecule has 20 heavy (non-hydrogen) atoms. The maximum Gasteiger partial charge on any atom is 0.238 e. The molecule has 5 heteroatoms. The number of nitrogens with one attached hydrogen (secondary N) is 1. The van der Waals surface area contributed by atoms with E-state index in [0.717, 1.165) is 37.2 Å². The van der Waals surface area contributed by atoms with Gasteiger partial charge in [-0.25, -0.2) is 0 Å². The van der Waals surface area contributed by atoms with E-state index >= 15 is 0 Å². The van der Waals surface area contributed by atoms with E-state index in [1.807, 2.05) is 24.3 Å². The number of rotatable bonds is 6. The van der Waals surface area contributed by atoms with Gasteiger partial charge in [-0.1, -0.05) is 12.1 Å². The number of aliphatic hydroxyl groups excluding tert-OH is 1. The van der Waals surface area contributed by atoms with Crippen LogP contribution in [0.25, 0.3) is 0 Å². The lowest BCUT2D eigenvalue weighted by Gasteiger charge is -2.15.